The summed E-state index contributed by atoms with van der Waals surface area (Å²) in [5.74, 6) is 0.361. The standard InChI is InChI=1S/C9H9BrF3N3O/c10-6-3-14-5-15-7(6)16-2-1-8(17,4-16)9(11,12)13/h3,5,17H,1-2,4H2. The van der Waals surface area contributed by atoms with E-state index in [0.29, 0.717) is 10.3 Å². The number of nitrogens with zero attached hydrogens (tertiary/aromatic N) is 3. The van der Waals surface area contributed by atoms with Gasteiger partial charge >= 0.3 is 6.18 Å². The van der Waals surface area contributed by atoms with Gasteiger partial charge in [0.25, 0.3) is 0 Å². The van der Waals surface area contributed by atoms with Crippen LogP contribution in [0.2, 0.25) is 0 Å². The molecule has 1 fully saturated rings. The first kappa shape index (κ1) is 12.6. The van der Waals surface area contributed by atoms with Crippen LogP contribution in [-0.4, -0.2) is 39.9 Å². The molecule has 1 atom stereocenters. The second kappa shape index (κ2) is 4.09. The molecule has 0 bridgehead atoms. The van der Waals surface area contributed by atoms with E-state index in [-0.39, 0.29) is 13.0 Å². The van der Waals surface area contributed by atoms with Crippen molar-refractivity contribution in [3.8, 4) is 0 Å². The van der Waals surface area contributed by atoms with Crippen LogP contribution in [-0.2, 0) is 0 Å². The molecule has 2 rings (SSSR count). The lowest BCUT2D eigenvalue weighted by atomic mass is 10.0. The molecule has 8 heteroatoms. The van der Waals surface area contributed by atoms with Crippen LogP contribution in [0.5, 0.6) is 0 Å². The lowest BCUT2D eigenvalue weighted by Gasteiger charge is -2.26. The third kappa shape index (κ3) is 2.23. The Labute approximate surface area is 104 Å². The molecule has 0 amide bonds. The number of halogens is 4. The first-order valence-electron chi connectivity index (χ1n) is 4.83. The molecule has 1 saturated heterocycles. The monoisotopic (exact) mass is 311 g/mol. The Bertz CT molecular complexity index is 428. The van der Waals surface area contributed by atoms with Crippen molar-refractivity contribution in [3.63, 3.8) is 0 Å². The number of β-amino-alcohol motifs (C(OH)–C–C–N with tert-alkyl or cyclic N) is 1. The van der Waals surface area contributed by atoms with Gasteiger partial charge in [-0.15, -0.1) is 0 Å². The first-order chi connectivity index (χ1) is 7.83. The quantitative estimate of drug-likeness (QED) is 0.858. The second-order valence-electron chi connectivity index (χ2n) is 3.90. The van der Waals surface area contributed by atoms with Gasteiger partial charge in [-0.3, -0.25) is 0 Å². The highest BCUT2D eigenvalue weighted by atomic mass is 79.9. The smallest absolute Gasteiger partial charge is 0.379 e. The normalized spacial score (nSPS) is 25.4. The molecule has 0 radical (unpaired) electrons. The highest BCUT2D eigenvalue weighted by molar-refractivity contribution is 9.10. The molecule has 0 saturated carbocycles. The van der Waals surface area contributed by atoms with E-state index in [4.69, 9.17) is 0 Å². The highest BCUT2D eigenvalue weighted by Crippen LogP contribution is 2.39. The van der Waals surface area contributed by atoms with Gasteiger partial charge < -0.3 is 10.0 Å². The summed E-state index contributed by atoms with van der Waals surface area (Å²) in [6, 6.07) is 0. The molecule has 1 aromatic heterocycles. The molecule has 1 aliphatic rings. The number of hydrogen-bond acceptors (Lipinski definition) is 4. The number of aliphatic hydroxyl groups is 1. The van der Waals surface area contributed by atoms with Crippen LogP contribution in [0.25, 0.3) is 0 Å². The van der Waals surface area contributed by atoms with E-state index in [1.54, 1.807) is 0 Å². The molecular weight excluding hydrogens is 303 g/mol. The SMILES string of the molecule is OC1(C(F)(F)F)CCN(c2ncncc2Br)C1. The summed E-state index contributed by atoms with van der Waals surface area (Å²) in [7, 11) is 0. The van der Waals surface area contributed by atoms with Crippen LogP contribution in [0.15, 0.2) is 17.0 Å². The zero-order chi connectivity index (χ0) is 12.7. The maximum atomic E-state index is 12.6. The number of rotatable bonds is 1. The Morgan fingerprint density at radius 2 is 2.18 bits per heavy atom. The summed E-state index contributed by atoms with van der Waals surface area (Å²) >= 11 is 3.16. The topological polar surface area (TPSA) is 49.2 Å². The van der Waals surface area contributed by atoms with Crippen LogP contribution in [0.4, 0.5) is 19.0 Å². The average Bonchev–Trinajstić information content (AvgIpc) is 2.62. The molecule has 4 nitrogen and oxygen atoms in total. The molecule has 17 heavy (non-hydrogen) atoms. The number of hydrogen-bond donors (Lipinski definition) is 1. The van der Waals surface area contributed by atoms with Gasteiger partial charge in [0.1, 0.15) is 12.1 Å². The van der Waals surface area contributed by atoms with Gasteiger partial charge in [0.2, 0.25) is 0 Å². The van der Waals surface area contributed by atoms with Crippen molar-refractivity contribution in [2.45, 2.75) is 18.2 Å². The Hall–Kier alpha value is -0.890. The summed E-state index contributed by atoms with van der Waals surface area (Å²) in [5.41, 5.74) is -2.66. The van der Waals surface area contributed by atoms with E-state index in [1.807, 2.05) is 0 Å². The van der Waals surface area contributed by atoms with E-state index in [0.717, 1.165) is 0 Å². The predicted molar refractivity (Wildman–Crippen MR) is 57.6 cm³/mol. The summed E-state index contributed by atoms with van der Waals surface area (Å²) in [4.78, 5) is 9.02. The van der Waals surface area contributed by atoms with Crippen molar-refractivity contribution >= 4 is 21.7 Å². The molecular formula is C9H9BrF3N3O. The van der Waals surface area contributed by atoms with E-state index in [1.165, 1.54) is 17.4 Å². The van der Waals surface area contributed by atoms with Gasteiger partial charge in [-0.2, -0.15) is 13.2 Å². The summed E-state index contributed by atoms with van der Waals surface area (Å²) in [5, 5.41) is 9.53. The van der Waals surface area contributed by atoms with Crippen LogP contribution < -0.4 is 4.90 Å². The Morgan fingerprint density at radius 1 is 1.47 bits per heavy atom. The fourth-order valence-corrected chi connectivity index (χ4v) is 2.22. The lowest BCUT2D eigenvalue weighted by molar-refractivity contribution is -0.250. The Kier molecular flexibility index (Phi) is 3.03. The van der Waals surface area contributed by atoms with E-state index >= 15 is 0 Å². The maximum Gasteiger partial charge on any atom is 0.418 e. The minimum absolute atomic E-state index is 0.103. The van der Waals surface area contributed by atoms with Gasteiger partial charge in [-0.1, -0.05) is 0 Å². The van der Waals surface area contributed by atoms with Gasteiger partial charge in [0.15, 0.2) is 5.60 Å². The molecule has 1 N–H and O–H groups in total. The molecule has 0 aromatic carbocycles. The lowest BCUT2D eigenvalue weighted by Crippen LogP contribution is -2.47. The van der Waals surface area contributed by atoms with Crippen LogP contribution >= 0.6 is 15.9 Å². The fraction of sp³-hybridized carbons (Fsp3) is 0.556. The van der Waals surface area contributed by atoms with Crippen LogP contribution in [0, 0.1) is 0 Å². The molecule has 0 aliphatic carbocycles. The summed E-state index contributed by atoms with van der Waals surface area (Å²) < 4.78 is 38.3. The summed E-state index contributed by atoms with van der Waals surface area (Å²) in [6.45, 7) is -0.405. The number of anilines is 1. The summed E-state index contributed by atoms with van der Waals surface area (Å²) in [6.07, 6.45) is -2.27. The third-order valence-corrected chi connectivity index (χ3v) is 3.28. The minimum Gasteiger partial charge on any atom is -0.379 e. The maximum absolute atomic E-state index is 12.6. The Morgan fingerprint density at radius 3 is 2.71 bits per heavy atom. The number of alkyl halides is 3. The van der Waals surface area contributed by atoms with Crippen LogP contribution in [0.3, 0.4) is 0 Å². The average molecular weight is 312 g/mol. The van der Waals surface area contributed by atoms with Crippen molar-refractivity contribution in [3.05, 3.63) is 17.0 Å². The predicted octanol–water partition coefficient (Wildman–Crippen LogP) is 1.74. The van der Waals surface area contributed by atoms with E-state index in [9.17, 15) is 18.3 Å². The zero-order valence-corrected chi connectivity index (χ0v) is 10.2. The largest absolute Gasteiger partial charge is 0.418 e. The first-order valence-corrected chi connectivity index (χ1v) is 5.62. The zero-order valence-electron chi connectivity index (χ0n) is 8.58. The molecule has 1 aliphatic heterocycles. The minimum atomic E-state index is -4.62. The number of aromatic nitrogens is 2. The molecule has 94 valence electrons. The molecule has 0 spiro atoms. The molecule has 1 aromatic rings. The Balaban J connectivity index is 2.22. The van der Waals surface area contributed by atoms with Gasteiger partial charge in [-0.25, -0.2) is 9.97 Å². The van der Waals surface area contributed by atoms with E-state index < -0.39 is 18.3 Å². The third-order valence-electron chi connectivity index (χ3n) is 2.72. The van der Waals surface area contributed by atoms with Crippen molar-refractivity contribution in [1.82, 2.24) is 9.97 Å². The van der Waals surface area contributed by atoms with Gasteiger partial charge in [0.05, 0.1) is 11.0 Å². The molecule has 1 unspecified atom stereocenters. The second-order valence-corrected chi connectivity index (χ2v) is 4.75. The van der Waals surface area contributed by atoms with Crippen molar-refractivity contribution in [2.24, 2.45) is 0 Å². The van der Waals surface area contributed by atoms with Gasteiger partial charge in [0, 0.05) is 19.2 Å². The van der Waals surface area contributed by atoms with Crippen molar-refractivity contribution in [2.75, 3.05) is 18.0 Å². The van der Waals surface area contributed by atoms with Crippen LogP contribution in [0.1, 0.15) is 6.42 Å². The van der Waals surface area contributed by atoms with Gasteiger partial charge in [-0.05, 0) is 15.9 Å². The fourth-order valence-electron chi connectivity index (χ4n) is 1.74. The van der Waals surface area contributed by atoms with Crippen molar-refractivity contribution < 1.29 is 18.3 Å². The highest BCUT2D eigenvalue weighted by Gasteiger charge is 2.57. The van der Waals surface area contributed by atoms with E-state index in [2.05, 4.69) is 25.9 Å². The molecule has 2 heterocycles. The van der Waals surface area contributed by atoms with Crippen molar-refractivity contribution in [1.29, 1.82) is 0 Å².